The highest BCUT2D eigenvalue weighted by Gasteiger charge is 2.71. The van der Waals surface area contributed by atoms with E-state index >= 15 is 0 Å². The number of benzene rings is 2. The number of carbonyl (C=O) groups is 2. The first-order chi connectivity index (χ1) is 16.4. The van der Waals surface area contributed by atoms with Gasteiger partial charge in [0.05, 0.1) is 10.6 Å². The van der Waals surface area contributed by atoms with Crippen LogP contribution in [0.4, 0.5) is 36.8 Å². The third kappa shape index (κ3) is 4.77. The lowest BCUT2D eigenvalue weighted by atomic mass is 9.92. The monoisotopic (exact) mass is 540 g/mol. The van der Waals surface area contributed by atoms with Gasteiger partial charge in [-0.1, -0.05) is 18.2 Å². The standard InChI is InChI=1S/C20H17F6N3O6S/c1-36(34,35)13-6-7-14-10(8-13)9-29(17(31)32)15(14)16(30)28-27-12-4-2-11(3-5-12)18(33,19(21,22)23)20(24,25)26/h2-8,15,27,33H,9H2,1H3,(H,28,30)(H,31,32)/p-1. The van der Waals surface area contributed by atoms with Gasteiger partial charge in [-0.05, 0) is 35.4 Å². The van der Waals surface area contributed by atoms with Crippen molar-refractivity contribution in [1.29, 1.82) is 0 Å². The molecule has 2 aromatic carbocycles. The number of carboxylic acid groups (broad SMARTS) is 1. The fourth-order valence-corrected chi connectivity index (χ4v) is 4.27. The molecule has 0 radical (unpaired) electrons. The van der Waals surface area contributed by atoms with Crippen LogP contribution in [-0.2, 0) is 26.8 Å². The lowest BCUT2D eigenvalue weighted by Crippen LogP contribution is -2.53. The highest BCUT2D eigenvalue weighted by molar-refractivity contribution is 7.90. The number of halogens is 6. The highest BCUT2D eigenvalue weighted by atomic mass is 32.2. The maximum absolute atomic E-state index is 13.0. The molecule has 1 heterocycles. The van der Waals surface area contributed by atoms with Crippen molar-refractivity contribution in [3.05, 3.63) is 59.2 Å². The Morgan fingerprint density at radius 1 is 1.03 bits per heavy atom. The maximum Gasteiger partial charge on any atom is 0.430 e. The van der Waals surface area contributed by atoms with Crippen LogP contribution in [0.1, 0.15) is 22.7 Å². The summed E-state index contributed by atoms with van der Waals surface area (Å²) < 4.78 is 101. The Balaban J connectivity index is 1.82. The van der Waals surface area contributed by atoms with Crippen molar-refractivity contribution in [2.45, 2.75) is 35.4 Å². The van der Waals surface area contributed by atoms with Crippen LogP contribution < -0.4 is 16.0 Å². The van der Waals surface area contributed by atoms with Crippen molar-refractivity contribution >= 4 is 27.5 Å². The first kappa shape index (κ1) is 27.1. The zero-order valence-corrected chi connectivity index (χ0v) is 18.8. The van der Waals surface area contributed by atoms with E-state index in [1.165, 1.54) is 18.2 Å². The van der Waals surface area contributed by atoms with Gasteiger partial charge in [-0.2, -0.15) is 26.3 Å². The van der Waals surface area contributed by atoms with E-state index in [9.17, 15) is 54.6 Å². The number of sulfone groups is 1. The predicted molar refractivity (Wildman–Crippen MR) is 107 cm³/mol. The largest absolute Gasteiger partial charge is 0.530 e. The molecule has 1 aliphatic rings. The van der Waals surface area contributed by atoms with E-state index in [0.717, 1.165) is 18.4 Å². The van der Waals surface area contributed by atoms with E-state index in [-0.39, 0.29) is 28.3 Å². The number of hydrazine groups is 1. The molecule has 3 N–H and O–H groups in total. The van der Waals surface area contributed by atoms with Crippen LogP contribution in [0, 0.1) is 0 Å². The topological polar surface area (TPSA) is 139 Å². The molecule has 0 aromatic heterocycles. The maximum atomic E-state index is 13.0. The van der Waals surface area contributed by atoms with Crippen molar-refractivity contribution in [2.75, 3.05) is 11.7 Å². The summed E-state index contributed by atoms with van der Waals surface area (Å²) in [5.74, 6) is -1.00. The first-order valence-corrected chi connectivity index (χ1v) is 11.6. The van der Waals surface area contributed by atoms with Crippen LogP contribution in [0.3, 0.4) is 0 Å². The first-order valence-electron chi connectivity index (χ1n) is 9.70. The van der Waals surface area contributed by atoms with Crippen LogP contribution in [0.5, 0.6) is 0 Å². The number of alkyl halides is 6. The molecule has 1 unspecified atom stereocenters. The molecular formula is C20H16F6N3O6S-. The van der Waals surface area contributed by atoms with Crippen LogP contribution in [-0.4, -0.2) is 49.0 Å². The van der Waals surface area contributed by atoms with Gasteiger partial charge in [0.15, 0.2) is 9.84 Å². The van der Waals surface area contributed by atoms with Gasteiger partial charge >= 0.3 is 12.4 Å². The normalized spacial score (nSPS) is 16.4. The molecule has 0 saturated carbocycles. The van der Waals surface area contributed by atoms with Crippen LogP contribution in [0.15, 0.2) is 47.4 Å². The van der Waals surface area contributed by atoms with Gasteiger partial charge in [0.25, 0.3) is 11.5 Å². The molecule has 1 aliphatic heterocycles. The molecule has 3 rings (SSSR count). The number of amides is 2. The molecule has 0 fully saturated rings. The van der Waals surface area contributed by atoms with Gasteiger partial charge < -0.3 is 19.9 Å². The molecule has 9 nitrogen and oxygen atoms in total. The zero-order valence-electron chi connectivity index (χ0n) is 17.9. The number of hydrogen-bond donors (Lipinski definition) is 3. The second kappa shape index (κ2) is 8.85. The Morgan fingerprint density at radius 2 is 1.58 bits per heavy atom. The Labute approximate surface area is 199 Å². The Kier molecular flexibility index (Phi) is 6.65. The molecule has 196 valence electrons. The minimum atomic E-state index is -6.07. The molecule has 0 spiro atoms. The fourth-order valence-electron chi connectivity index (χ4n) is 3.60. The van der Waals surface area contributed by atoms with E-state index < -0.39 is 51.4 Å². The number of anilines is 1. The molecule has 16 heteroatoms. The lowest BCUT2D eigenvalue weighted by molar-refractivity contribution is -0.376. The Hall–Kier alpha value is -3.53. The van der Waals surface area contributed by atoms with Crippen LogP contribution in [0.2, 0.25) is 0 Å². The summed E-state index contributed by atoms with van der Waals surface area (Å²) >= 11 is 0. The van der Waals surface area contributed by atoms with E-state index in [4.69, 9.17) is 0 Å². The number of rotatable bonds is 5. The summed E-state index contributed by atoms with van der Waals surface area (Å²) in [5, 5.41) is 20.9. The average Bonchev–Trinajstić information content (AvgIpc) is 3.14. The average molecular weight is 540 g/mol. The Bertz CT molecular complexity index is 1280. The smallest absolute Gasteiger partial charge is 0.430 e. The summed E-state index contributed by atoms with van der Waals surface area (Å²) in [6, 6.07) is 4.24. The molecule has 0 bridgehead atoms. The summed E-state index contributed by atoms with van der Waals surface area (Å²) in [6.45, 7) is -0.374. The number of aliphatic hydroxyl groups is 1. The third-order valence-corrected chi connectivity index (χ3v) is 6.54. The number of fused-ring (bicyclic) bond motifs is 1. The van der Waals surface area contributed by atoms with E-state index in [1.54, 1.807) is 0 Å². The van der Waals surface area contributed by atoms with Crippen molar-refractivity contribution < 1.29 is 54.6 Å². The minimum Gasteiger partial charge on any atom is -0.530 e. The molecule has 2 amide bonds. The quantitative estimate of drug-likeness (QED) is 0.388. The van der Waals surface area contributed by atoms with Gasteiger partial charge in [-0.15, -0.1) is 0 Å². The van der Waals surface area contributed by atoms with Gasteiger partial charge in [0.2, 0.25) is 0 Å². The summed E-state index contributed by atoms with van der Waals surface area (Å²) in [7, 11) is -3.63. The van der Waals surface area contributed by atoms with E-state index in [2.05, 4.69) is 10.9 Å². The van der Waals surface area contributed by atoms with Gasteiger partial charge in [0.1, 0.15) is 12.1 Å². The fraction of sp³-hybridized carbons (Fsp3) is 0.300. The van der Waals surface area contributed by atoms with E-state index in [1.807, 2.05) is 0 Å². The summed E-state index contributed by atoms with van der Waals surface area (Å²) in [5.41, 5.74) is -2.19. The van der Waals surface area contributed by atoms with Crippen molar-refractivity contribution in [1.82, 2.24) is 10.3 Å². The summed E-state index contributed by atoms with van der Waals surface area (Å²) in [6.07, 6.45) is -13.0. The molecule has 2 aromatic rings. The Morgan fingerprint density at radius 3 is 2.06 bits per heavy atom. The number of carbonyl (C=O) groups excluding carboxylic acids is 2. The second-order valence-electron chi connectivity index (χ2n) is 7.83. The van der Waals surface area contributed by atoms with Gasteiger partial charge in [-0.3, -0.25) is 15.6 Å². The number of nitrogens with zero attached hydrogens (tertiary/aromatic N) is 1. The minimum absolute atomic E-state index is 0.114. The van der Waals surface area contributed by atoms with Crippen molar-refractivity contribution in [2.24, 2.45) is 0 Å². The van der Waals surface area contributed by atoms with E-state index in [0.29, 0.717) is 17.0 Å². The second-order valence-corrected chi connectivity index (χ2v) is 9.84. The molecule has 0 aliphatic carbocycles. The molecular weight excluding hydrogens is 524 g/mol. The van der Waals surface area contributed by atoms with Gasteiger partial charge in [0, 0.05) is 18.4 Å². The van der Waals surface area contributed by atoms with Crippen molar-refractivity contribution in [3.8, 4) is 0 Å². The van der Waals surface area contributed by atoms with Gasteiger partial charge in [-0.25, -0.2) is 8.42 Å². The molecule has 1 atom stereocenters. The third-order valence-electron chi connectivity index (χ3n) is 5.43. The zero-order chi connectivity index (χ0) is 27.3. The predicted octanol–water partition coefficient (Wildman–Crippen LogP) is 1.75. The number of nitrogens with one attached hydrogen (secondary N) is 2. The summed E-state index contributed by atoms with van der Waals surface area (Å²) in [4.78, 5) is 24.7. The van der Waals surface area contributed by atoms with Crippen LogP contribution >= 0.6 is 0 Å². The molecule has 36 heavy (non-hydrogen) atoms. The molecule has 0 saturated heterocycles. The van der Waals surface area contributed by atoms with Crippen molar-refractivity contribution in [3.63, 3.8) is 0 Å². The highest BCUT2D eigenvalue weighted by Crippen LogP contribution is 2.50. The SMILES string of the molecule is CS(=O)(=O)c1ccc2c(c1)CN(C(=O)[O-])C2C(=O)NNc1ccc(C(O)(C(F)(F)F)C(F)(F)F)cc1. The lowest BCUT2D eigenvalue weighted by Gasteiger charge is -2.32. The van der Waals surface area contributed by atoms with Crippen LogP contribution in [0.25, 0.3) is 0 Å². The number of hydrogen-bond acceptors (Lipinski definition) is 7.